The summed E-state index contributed by atoms with van der Waals surface area (Å²) in [6.45, 7) is -0.388. The molecule has 4 N–H and O–H groups in total. The van der Waals surface area contributed by atoms with Crippen molar-refractivity contribution in [2.24, 2.45) is 0 Å². The molecule has 2 aromatic rings. The molecule has 0 bridgehead atoms. The van der Waals surface area contributed by atoms with E-state index in [0.717, 1.165) is 0 Å². The van der Waals surface area contributed by atoms with Crippen LogP contribution in [0.5, 0.6) is 0 Å². The Balaban J connectivity index is 2.16. The van der Waals surface area contributed by atoms with Crippen molar-refractivity contribution < 1.29 is 23.1 Å². The van der Waals surface area contributed by atoms with Gasteiger partial charge in [0.05, 0.1) is 16.9 Å². The molecule has 0 spiro atoms. The molecule has 0 aliphatic carbocycles. The molecule has 134 valence electrons. The maximum Gasteiger partial charge on any atom is 0.414 e. The fourth-order valence-corrected chi connectivity index (χ4v) is 2.21. The molecule has 2 rings (SSSR count). The number of aliphatic hydroxyl groups is 1. The largest absolute Gasteiger partial charge is 0.414 e. The maximum absolute atomic E-state index is 12.2. The van der Waals surface area contributed by atoms with E-state index in [2.05, 4.69) is 15.3 Å². The van der Waals surface area contributed by atoms with Crippen LogP contribution in [0, 0.1) is 0 Å². The van der Waals surface area contributed by atoms with Crippen molar-refractivity contribution in [3.8, 4) is 11.3 Å². The first-order valence-corrected chi connectivity index (χ1v) is 7.47. The van der Waals surface area contributed by atoms with Gasteiger partial charge in [-0.2, -0.15) is 13.2 Å². The van der Waals surface area contributed by atoms with Crippen LogP contribution in [0.4, 0.5) is 18.9 Å². The molecule has 0 aromatic carbocycles. The van der Waals surface area contributed by atoms with E-state index in [0.29, 0.717) is 5.56 Å². The molecule has 1 atom stereocenters. The van der Waals surface area contributed by atoms with Gasteiger partial charge in [-0.1, -0.05) is 11.6 Å². The molecule has 25 heavy (non-hydrogen) atoms. The maximum atomic E-state index is 12.2. The number of nitrogens with zero attached hydrogens (tertiary/aromatic N) is 2. The summed E-state index contributed by atoms with van der Waals surface area (Å²) in [6, 6.07) is 4.53. The second-order valence-electron chi connectivity index (χ2n) is 5.10. The van der Waals surface area contributed by atoms with E-state index in [4.69, 9.17) is 22.4 Å². The molecule has 1 amide bonds. The van der Waals surface area contributed by atoms with Crippen LogP contribution < -0.4 is 11.1 Å². The van der Waals surface area contributed by atoms with E-state index >= 15 is 0 Å². The number of carbonyl (C=O) groups is 1. The summed E-state index contributed by atoms with van der Waals surface area (Å²) in [7, 11) is 0. The highest BCUT2D eigenvalue weighted by molar-refractivity contribution is 6.30. The summed E-state index contributed by atoms with van der Waals surface area (Å²) in [4.78, 5) is 20.2. The summed E-state index contributed by atoms with van der Waals surface area (Å²) in [5.41, 5.74) is 6.71. The Bertz CT molecular complexity index is 756. The van der Waals surface area contributed by atoms with E-state index in [-0.39, 0.29) is 28.6 Å². The third kappa shape index (κ3) is 4.80. The Morgan fingerprint density at radius 1 is 1.44 bits per heavy atom. The van der Waals surface area contributed by atoms with Crippen LogP contribution >= 0.6 is 11.6 Å². The van der Waals surface area contributed by atoms with Crippen molar-refractivity contribution >= 4 is 23.2 Å². The predicted molar refractivity (Wildman–Crippen MR) is 85.9 cm³/mol. The van der Waals surface area contributed by atoms with Gasteiger partial charge in [0.25, 0.3) is 5.91 Å². The van der Waals surface area contributed by atoms with E-state index in [1.807, 2.05) is 0 Å². The van der Waals surface area contributed by atoms with Crippen molar-refractivity contribution in [2.75, 3.05) is 12.3 Å². The Morgan fingerprint density at radius 2 is 2.16 bits per heavy atom. The molecular formula is C15H14ClF3N4O2. The van der Waals surface area contributed by atoms with Gasteiger partial charge in [-0.15, -0.1) is 0 Å². The lowest BCUT2D eigenvalue weighted by atomic mass is 10.1. The molecule has 0 unspecified atom stereocenters. The zero-order valence-electron chi connectivity index (χ0n) is 12.7. The second-order valence-corrected chi connectivity index (χ2v) is 5.49. The number of carbonyl (C=O) groups excluding carboxylic acids is 1. The molecule has 0 saturated heterocycles. The fraction of sp³-hybridized carbons (Fsp3) is 0.267. The number of nitrogens with one attached hydrogen (secondary N) is 1. The summed E-state index contributed by atoms with van der Waals surface area (Å²) in [6.07, 6.45) is -4.90. The van der Waals surface area contributed by atoms with Gasteiger partial charge >= 0.3 is 6.18 Å². The number of pyridine rings is 2. The van der Waals surface area contributed by atoms with Gasteiger partial charge in [-0.25, -0.2) is 4.98 Å². The molecule has 2 aromatic heterocycles. The second kappa shape index (κ2) is 7.66. The van der Waals surface area contributed by atoms with Gasteiger partial charge in [-0.3, -0.25) is 9.78 Å². The van der Waals surface area contributed by atoms with Crippen LogP contribution in [0.1, 0.15) is 16.8 Å². The first-order chi connectivity index (χ1) is 11.7. The number of anilines is 1. The van der Waals surface area contributed by atoms with E-state index in [1.165, 1.54) is 12.3 Å². The normalized spacial score (nSPS) is 12.7. The topological polar surface area (TPSA) is 101 Å². The number of aliphatic hydroxyl groups excluding tert-OH is 1. The number of hydrogen-bond donors (Lipinski definition) is 3. The number of nitrogens with two attached hydrogens (primary N) is 1. The highest BCUT2D eigenvalue weighted by Crippen LogP contribution is 2.28. The summed E-state index contributed by atoms with van der Waals surface area (Å²) in [5, 5.41) is 11.2. The first-order valence-electron chi connectivity index (χ1n) is 7.09. The van der Waals surface area contributed by atoms with Crippen LogP contribution in [0.25, 0.3) is 11.3 Å². The van der Waals surface area contributed by atoms with Gasteiger partial charge in [0.15, 0.2) is 6.10 Å². The summed E-state index contributed by atoms with van der Waals surface area (Å²) >= 11 is 5.90. The molecule has 6 nitrogen and oxygen atoms in total. The number of alkyl halides is 3. The van der Waals surface area contributed by atoms with Crippen molar-refractivity contribution in [3.05, 3.63) is 41.3 Å². The summed E-state index contributed by atoms with van der Waals surface area (Å²) < 4.78 is 36.7. The number of hydrogen-bond acceptors (Lipinski definition) is 5. The van der Waals surface area contributed by atoms with E-state index in [9.17, 15) is 18.0 Å². The van der Waals surface area contributed by atoms with Gasteiger partial charge in [0.2, 0.25) is 0 Å². The highest BCUT2D eigenvalue weighted by atomic mass is 35.5. The Hall–Kier alpha value is -2.39. The quantitative estimate of drug-likeness (QED) is 0.698. The van der Waals surface area contributed by atoms with Crippen molar-refractivity contribution in [1.82, 2.24) is 15.3 Å². The Morgan fingerprint density at radius 3 is 2.76 bits per heavy atom. The molecule has 0 fully saturated rings. The fourth-order valence-electron chi connectivity index (χ4n) is 2.02. The van der Waals surface area contributed by atoms with Gasteiger partial charge in [-0.05, 0) is 24.6 Å². The van der Waals surface area contributed by atoms with Crippen LogP contribution in [-0.4, -0.2) is 39.8 Å². The average Bonchev–Trinajstić information content (AvgIpc) is 2.56. The molecular weight excluding hydrogens is 361 g/mol. The number of aromatic nitrogens is 2. The smallest absolute Gasteiger partial charge is 0.396 e. The molecule has 0 saturated carbocycles. The number of nitrogen functional groups attached to an aromatic ring is 1. The van der Waals surface area contributed by atoms with Crippen LogP contribution in [0.15, 0.2) is 30.6 Å². The van der Waals surface area contributed by atoms with E-state index < -0.39 is 24.6 Å². The highest BCUT2D eigenvalue weighted by Gasteiger charge is 2.37. The SMILES string of the molecule is Nc1c(C(=O)NCC[C@@H](O)C(F)(F)F)cc(Cl)nc1-c1cccnc1. The lowest BCUT2D eigenvalue weighted by molar-refractivity contribution is -0.204. The average molecular weight is 375 g/mol. The minimum Gasteiger partial charge on any atom is -0.396 e. The van der Waals surface area contributed by atoms with Crippen LogP contribution in [0.3, 0.4) is 0 Å². The zero-order chi connectivity index (χ0) is 18.6. The summed E-state index contributed by atoms with van der Waals surface area (Å²) in [5.74, 6) is -0.721. The third-order valence-electron chi connectivity index (χ3n) is 3.29. The van der Waals surface area contributed by atoms with Crippen molar-refractivity contribution in [2.45, 2.75) is 18.7 Å². The minimum absolute atomic E-state index is 0.00599. The number of halogens is 4. The lowest BCUT2D eigenvalue weighted by Gasteiger charge is -2.15. The lowest BCUT2D eigenvalue weighted by Crippen LogP contribution is -2.34. The van der Waals surface area contributed by atoms with Gasteiger partial charge in [0, 0.05) is 24.5 Å². The molecule has 2 heterocycles. The molecule has 0 aliphatic rings. The molecule has 0 aliphatic heterocycles. The van der Waals surface area contributed by atoms with Crippen molar-refractivity contribution in [1.29, 1.82) is 0 Å². The zero-order valence-corrected chi connectivity index (χ0v) is 13.5. The van der Waals surface area contributed by atoms with Crippen molar-refractivity contribution in [3.63, 3.8) is 0 Å². The van der Waals surface area contributed by atoms with Crippen LogP contribution in [0.2, 0.25) is 5.15 Å². The first kappa shape index (κ1) is 18.9. The standard InChI is InChI=1S/C15H14ClF3N4O2/c16-11-6-9(14(25)22-5-3-10(24)15(17,18)19)12(20)13(23-11)8-2-1-4-21-7-8/h1-2,4,6-7,10,24H,3,5,20H2,(H,22,25)/t10-/m1/s1. The van der Waals surface area contributed by atoms with E-state index in [1.54, 1.807) is 18.3 Å². The molecule has 10 heteroatoms. The van der Waals surface area contributed by atoms with Gasteiger partial charge < -0.3 is 16.2 Å². The van der Waals surface area contributed by atoms with Crippen LogP contribution in [-0.2, 0) is 0 Å². The Kier molecular flexibility index (Phi) is 5.81. The van der Waals surface area contributed by atoms with Gasteiger partial charge in [0.1, 0.15) is 5.15 Å². The predicted octanol–water partition coefficient (Wildman–Crippen LogP) is 2.42. The Labute approximate surface area is 145 Å². The number of amides is 1. The molecule has 0 radical (unpaired) electrons. The monoisotopic (exact) mass is 374 g/mol. The number of rotatable bonds is 5. The third-order valence-corrected chi connectivity index (χ3v) is 3.48. The minimum atomic E-state index is -4.74.